The van der Waals surface area contributed by atoms with Crippen LogP contribution >= 0.6 is 0 Å². The van der Waals surface area contributed by atoms with Gasteiger partial charge < -0.3 is 14.6 Å². The van der Waals surface area contributed by atoms with E-state index in [1.54, 1.807) is 18.2 Å². The van der Waals surface area contributed by atoms with E-state index in [4.69, 9.17) is 9.47 Å². The molecular formula is C9H9NO5. The van der Waals surface area contributed by atoms with Crippen molar-refractivity contribution in [3.8, 4) is 11.5 Å². The van der Waals surface area contributed by atoms with Gasteiger partial charge >= 0.3 is 0 Å². The summed E-state index contributed by atoms with van der Waals surface area (Å²) in [6, 6.07) is 4.76. The number of rotatable bonds is 3. The lowest BCUT2D eigenvalue weighted by molar-refractivity contribution is -0.491. The van der Waals surface area contributed by atoms with Crippen LogP contribution in [0, 0.1) is 10.1 Å². The quantitative estimate of drug-likeness (QED) is 0.587. The summed E-state index contributed by atoms with van der Waals surface area (Å²) in [5.74, 6) is 1.10. The molecule has 0 amide bonds. The van der Waals surface area contributed by atoms with Gasteiger partial charge in [-0.25, -0.2) is 0 Å². The van der Waals surface area contributed by atoms with Gasteiger partial charge in [-0.3, -0.25) is 10.1 Å². The second kappa shape index (κ2) is 3.74. The maximum Gasteiger partial charge on any atom is 0.233 e. The van der Waals surface area contributed by atoms with E-state index >= 15 is 0 Å². The molecule has 0 saturated carbocycles. The minimum atomic E-state index is -1.12. The summed E-state index contributed by atoms with van der Waals surface area (Å²) >= 11 is 0. The van der Waals surface area contributed by atoms with Crippen molar-refractivity contribution >= 4 is 0 Å². The molecule has 6 nitrogen and oxygen atoms in total. The van der Waals surface area contributed by atoms with E-state index in [2.05, 4.69) is 0 Å². The summed E-state index contributed by atoms with van der Waals surface area (Å²) in [5.41, 5.74) is 0.455. The fourth-order valence-electron chi connectivity index (χ4n) is 1.37. The summed E-state index contributed by atoms with van der Waals surface area (Å²) in [4.78, 5) is 9.65. The molecule has 0 radical (unpaired) electrons. The van der Waals surface area contributed by atoms with Crippen LogP contribution in [0.15, 0.2) is 18.2 Å². The van der Waals surface area contributed by atoms with Crippen molar-refractivity contribution in [1.29, 1.82) is 0 Å². The molecule has 0 spiro atoms. The van der Waals surface area contributed by atoms with Crippen molar-refractivity contribution in [2.24, 2.45) is 0 Å². The molecule has 15 heavy (non-hydrogen) atoms. The molecule has 1 N–H and O–H groups in total. The molecule has 0 aliphatic carbocycles. The van der Waals surface area contributed by atoms with Crippen LogP contribution in [0.2, 0.25) is 0 Å². The number of aliphatic hydroxyl groups excluding tert-OH is 1. The molecule has 1 unspecified atom stereocenters. The molecule has 2 rings (SSSR count). The fraction of sp³-hybridized carbons (Fsp3) is 0.333. The summed E-state index contributed by atoms with van der Waals surface area (Å²) in [6.45, 7) is -0.371. The standard InChI is InChI=1S/C9H9NO5/c11-7(4-10(12)13)6-1-2-8-9(3-6)15-5-14-8/h1-3,7,11H,4-5H2/i4-1. The van der Waals surface area contributed by atoms with Gasteiger partial charge in [0.05, 0.1) is 0 Å². The number of hydrogen-bond acceptors (Lipinski definition) is 5. The number of nitrogens with zero attached hydrogens (tertiary/aromatic N) is 1. The first-order valence-electron chi connectivity index (χ1n) is 4.36. The molecule has 0 saturated heterocycles. The second-order valence-corrected chi connectivity index (χ2v) is 3.14. The lowest BCUT2D eigenvalue weighted by Gasteiger charge is -2.06. The van der Waals surface area contributed by atoms with Gasteiger partial charge in [-0.05, 0) is 17.7 Å². The zero-order valence-electron chi connectivity index (χ0n) is 7.75. The molecule has 0 fully saturated rings. The number of hydrogen-bond donors (Lipinski definition) is 1. The van der Waals surface area contributed by atoms with Crippen LogP contribution in [0.25, 0.3) is 0 Å². The second-order valence-electron chi connectivity index (χ2n) is 3.14. The van der Waals surface area contributed by atoms with Crippen molar-refractivity contribution in [2.45, 2.75) is 6.10 Å². The van der Waals surface area contributed by atoms with Crippen molar-refractivity contribution in [1.82, 2.24) is 0 Å². The maximum atomic E-state index is 10.2. The summed E-state index contributed by atoms with van der Waals surface area (Å²) < 4.78 is 10.2. The Hall–Kier alpha value is -1.82. The highest BCUT2D eigenvalue weighted by Gasteiger charge is 2.19. The maximum absolute atomic E-state index is 10.2. The van der Waals surface area contributed by atoms with Gasteiger partial charge in [0.25, 0.3) is 0 Å². The molecular weight excluding hydrogens is 201 g/mol. The van der Waals surface area contributed by atoms with Gasteiger partial charge in [-0.15, -0.1) is 0 Å². The zero-order valence-corrected chi connectivity index (χ0v) is 7.75. The van der Waals surface area contributed by atoms with E-state index in [-0.39, 0.29) is 6.79 Å². The summed E-state index contributed by atoms with van der Waals surface area (Å²) in [7, 11) is 0. The van der Waals surface area contributed by atoms with Gasteiger partial charge in [0.15, 0.2) is 11.5 Å². The Kier molecular flexibility index (Phi) is 2.42. The van der Waals surface area contributed by atoms with E-state index in [1.165, 1.54) is 0 Å². The minimum absolute atomic E-state index is 0.143. The van der Waals surface area contributed by atoms with Crippen molar-refractivity contribution in [3.05, 3.63) is 33.9 Å². The number of nitro groups is 1. The normalized spacial score (nSPS) is 15.0. The Bertz CT molecular complexity index is 392. The van der Waals surface area contributed by atoms with E-state index in [0.29, 0.717) is 17.1 Å². The summed E-state index contributed by atoms with van der Waals surface area (Å²) in [6.07, 6.45) is -1.12. The Morgan fingerprint density at radius 1 is 1.47 bits per heavy atom. The first-order chi connectivity index (χ1) is 7.16. The predicted molar refractivity (Wildman–Crippen MR) is 49.4 cm³/mol. The smallest absolute Gasteiger partial charge is 0.233 e. The molecule has 80 valence electrons. The van der Waals surface area contributed by atoms with Crippen molar-refractivity contribution < 1.29 is 19.5 Å². The van der Waals surface area contributed by atoms with Gasteiger partial charge in [-0.1, -0.05) is 6.07 Å². The highest BCUT2D eigenvalue weighted by molar-refractivity contribution is 5.45. The monoisotopic (exact) mass is 210 g/mol. The first kappa shape index (κ1) is 9.72. The minimum Gasteiger partial charge on any atom is -0.454 e. The average molecular weight is 210 g/mol. The highest BCUT2D eigenvalue weighted by Crippen LogP contribution is 2.34. The van der Waals surface area contributed by atoms with E-state index in [1.807, 2.05) is 0 Å². The number of fused-ring (bicyclic) bond motifs is 1. The molecule has 6 heteroatoms. The summed E-state index contributed by atoms with van der Waals surface area (Å²) in [5, 5.41) is 19.7. The largest absolute Gasteiger partial charge is 0.454 e. The molecule has 1 aromatic rings. The van der Waals surface area contributed by atoms with Gasteiger partial charge in [0, 0.05) is 4.92 Å². The molecule has 1 aromatic carbocycles. The third-order valence-electron chi connectivity index (χ3n) is 2.10. The first-order valence-corrected chi connectivity index (χ1v) is 4.36. The topological polar surface area (TPSA) is 81.8 Å². The van der Waals surface area contributed by atoms with Gasteiger partial charge in [0.1, 0.15) is 6.10 Å². The third-order valence-corrected chi connectivity index (χ3v) is 2.10. The lowest BCUT2D eigenvalue weighted by Crippen LogP contribution is -2.11. The molecule has 1 aliphatic heterocycles. The molecule has 0 bridgehead atoms. The molecule has 0 aromatic heterocycles. The highest BCUT2D eigenvalue weighted by atomic mass is 16.7. The van der Waals surface area contributed by atoms with E-state index in [9.17, 15) is 15.2 Å². The Balaban J connectivity index is 2.19. The Morgan fingerprint density at radius 3 is 2.93 bits per heavy atom. The van der Waals surface area contributed by atoms with Crippen LogP contribution < -0.4 is 9.47 Å². The van der Waals surface area contributed by atoms with E-state index in [0.717, 1.165) is 0 Å². The number of aliphatic hydroxyl groups is 1. The average Bonchev–Trinajstić information content (AvgIpc) is 2.62. The van der Waals surface area contributed by atoms with Crippen molar-refractivity contribution in [3.63, 3.8) is 0 Å². The lowest BCUT2D eigenvalue weighted by atomic mass is 9.90. The molecule has 1 heterocycles. The van der Waals surface area contributed by atoms with Crippen LogP contribution in [0.4, 0.5) is 0 Å². The van der Waals surface area contributed by atoms with E-state index < -0.39 is 17.6 Å². The van der Waals surface area contributed by atoms with Crippen molar-refractivity contribution in [2.75, 3.05) is 13.3 Å². The predicted octanol–water partition coefficient (Wildman–Crippen LogP) is 0.725. The van der Waals surface area contributed by atoms with Gasteiger partial charge in [0.2, 0.25) is 13.3 Å². The SMILES string of the molecule is O=[N+]([O-])[11CH2]C(O)c1ccc2c(c1)OCO2. The van der Waals surface area contributed by atoms with Crippen LogP contribution in [-0.4, -0.2) is 23.4 Å². The van der Waals surface area contributed by atoms with Crippen LogP contribution in [-0.2, 0) is 0 Å². The fourth-order valence-corrected chi connectivity index (χ4v) is 1.37. The Morgan fingerprint density at radius 2 is 2.20 bits per heavy atom. The number of ether oxygens (including phenoxy) is 2. The third kappa shape index (κ3) is 1.99. The Labute approximate surface area is 85.2 Å². The van der Waals surface area contributed by atoms with Crippen LogP contribution in [0.3, 0.4) is 0 Å². The van der Waals surface area contributed by atoms with Gasteiger partial charge in [-0.2, -0.15) is 0 Å². The zero-order chi connectivity index (χ0) is 10.8. The molecule has 1 atom stereocenters. The number of benzene rings is 1. The molecule has 1 aliphatic rings. The van der Waals surface area contributed by atoms with Crippen LogP contribution in [0.5, 0.6) is 11.5 Å². The van der Waals surface area contributed by atoms with Crippen LogP contribution in [0.1, 0.15) is 11.7 Å².